The van der Waals surface area contributed by atoms with E-state index in [0.717, 1.165) is 29.2 Å². The van der Waals surface area contributed by atoms with Crippen molar-refractivity contribution in [3.63, 3.8) is 0 Å². The molecule has 5 nitrogen and oxygen atoms in total. The molecule has 1 unspecified atom stereocenters. The predicted octanol–water partition coefficient (Wildman–Crippen LogP) is 1.17. The molecule has 106 valence electrons. The molecule has 0 aromatic rings. The lowest BCUT2D eigenvalue weighted by Gasteiger charge is -2.37. The molecule has 0 saturated carbocycles. The highest BCUT2D eigenvalue weighted by Gasteiger charge is 2.71. The molecular formula is C8H12F4N2O3S. The molecule has 0 fully saturated rings. The molecule has 1 N–H and O–H groups in total. The van der Waals surface area contributed by atoms with Crippen molar-refractivity contribution in [3.05, 3.63) is 12.4 Å². The smallest absolute Gasteiger partial charge is 0.354 e. The summed E-state index contributed by atoms with van der Waals surface area (Å²) in [6.45, 7) is 1.42. The minimum absolute atomic E-state index is 0.0251. The van der Waals surface area contributed by atoms with E-state index >= 15 is 0 Å². The molecule has 0 aromatic heterocycles. The minimum atomic E-state index is -6.22. The fraction of sp³-hybridized carbons (Fsp3) is 0.750. The molecule has 1 aliphatic heterocycles. The van der Waals surface area contributed by atoms with E-state index < -0.39 is 27.5 Å². The lowest BCUT2D eigenvalue weighted by atomic mass is 10.2. The average Bonchev–Trinajstić information content (AvgIpc) is 2.57. The Morgan fingerprint density at radius 2 is 1.78 bits per heavy atom. The number of hydrogen-bond donors (Lipinski definition) is 1. The Bertz CT molecular complexity index is 451. The highest BCUT2D eigenvalue weighted by atomic mass is 32.2. The average molecular weight is 292 g/mol. The van der Waals surface area contributed by atoms with E-state index in [1.54, 1.807) is 0 Å². The van der Waals surface area contributed by atoms with Gasteiger partial charge in [0.1, 0.15) is 0 Å². The summed E-state index contributed by atoms with van der Waals surface area (Å²) in [4.78, 5) is 1.60. The molecule has 0 bridgehead atoms. The monoisotopic (exact) mass is 292 g/mol. The maximum Gasteiger partial charge on any atom is 0.435 e. The SMILES string of the molecule is CCN1C=CN(C)C1C(F)(F)C(F)(F)S(=O)(=O)O. The van der Waals surface area contributed by atoms with E-state index in [0.29, 0.717) is 0 Å². The molecule has 0 amide bonds. The number of rotatable bonds is 4. The van der Waals surface area contributed by atoms with Gasteiger partial charge in [0.25, 0.3) is 0 Å². The third-order valence-corrected chi connectivity index (χ3v) is 3.51. The van der Waals surface area contributed by atoms with Gasteiger partial charge in [-0.1, -0.05) is 0 Å². The van der Waals surface area contributed by atoms with E-state index in [1.165, 1.54) is 6.92 Å². The van der Waals surface area contributed by atoms with E-state index in [-0.39, 0.29) is 6.54 Å². The van der Waals surface area contributed by atoms with Gasteiger partial charge in [-0.2, -0.15) is 26.0 Å². The zero-order valence-electron chi connectivity index (χ0n) is 9.52. The quantitative estimate of drug-likeness (QED) is 0.622. The summed E-state index contributed by atoms with van der Waals surface area (Å²) in [6.07, 6.45) is 0.0697. The van der Waals surface area contributed by atoms with Gasteiger partial charge in [0.2, 0.25) is 0 Å². The normalized spacial score (nSPS) is 21.8. The Balaban J connectivity index is 3.22. The molecule has 1 atom stereocenters. The maximum atomic E-state index is 13.7. The van der Waals surface area contributed by atoms with Gasteiger partial charge in [-0.15, -0.1) is 0 Å². The van der Waals surface area contributed by atoms with Crippen LogP contribution in [0, 0.1) is 0 Å². The lowest BCUT2D eigenvalue weighted by molar-refractivity contribution is -0.212. The highest BCUT2D eigenvalue weighted by molar-refractivity contribution is 7.87. The second kappa shape index (κ2) is 4.26. The molecular weight excluding hydrogens is 280 g/mol. The zero-order valence-corrected chi connectivity index (χ0v) is 10.3. The van der Waals surface area contributed by atoms with Crippen molar-refractivity contribution in [2.75, 3.05) is 13.6 Å². The molecule has 10 heteroatoms. The maximum absolute atomic E-state index is 13.7. The van der Waals surface area contributed by atoms with Crippen molar-refractivity contribution >= 4 is 10.1 Å². The topological polar surface area (TPSA) is 60.9 Å². The van der Waals surface area contributed by atoms with E-state index in [1.807, 2.05) is 0 Å². The van der Waals surface area contributed by atoms with E-state index in [4.69, 9.17) is 4.55 Å². The fourth-order valence-corrected chi connectivity index (χ4v) is 2.10. The van der Waals surface area contributed by atoms with Crippen LogP contribution in [0.15, 0.2) is 12.4 Å². The fourth-order valence-electron chi connectivity index (χ4n) is 1.65. The summed E-state index contributed by atoms with van der Waals surface area (Å²) in [5.74, 6) is -4.98. The van der Waals surface area contributed by atoms with Crippen LogP contribution in [0.25, 0.3) is 0 Å². The Morgan fingerprint density at radius 1 is 1.28 bits per heavy atom. The van der Waals surface area contributed by atoms with Crippen molar-refractivity contribution in [1.82, 2.24) is 9.80 Å². The van der Waals surface area contributed by atoms with Gasteiger partial charge in [-0.3, -0.25) is 4.55 Å². The van der Waals surface area contributed by atoms with Crippen molar-refractivity contribution in [2.24, 2.45) is 0 Å². The molecule has 1 heterocycles. The Hall–Kier alpha value is -1.03. The first-order valence-corrected chi connectivity index (χ1v) is 6.29. The van der Waals surface area contributed by atoms with Crippen LogP contribution >= 0.6 is 0 Å². The van der Waals surface area contributed by atoms with Gasteiger partial charge in [0.15, 0.2) is 6.17 Å². The molecule has 1 rings (SSSR count). The molecule has 0 aliphatic carbocycles. The van der Waals surface area contributed by atoms with Crippen LogP contribution in [-0.4, -0.2) is 53.7 Å². The Morgan fingerprint density at radius 3 is 2.17 bits per heavy atom. The standard InChI is InChI=1S/C8H12F4N2O3S/c1-3-14-5-4-13(2)6(14)7(9,10)8(11,12)18(15,16)17/h4-6H,3H2,1-2H3,(H,15,16,17). The number of alkyl halides is 4. The molecule has 0 spiro atoms. The van der Waals surface area contributed by atoms with Crippen LogP contribution in [0.5, 0.6) is 0 Å². The van der Waals surface area contributed by atoms with Crippen LogP contribution in [0.2, 0.25) is 0 Å². The first-order valence-electron chi connectivity index (χ1n) is 4.85. The second-order valence-corrected chi connectivity index (χ2v) is 5.25. The number of nitrogens with zero attached hydrogens (tertiary/aromatic N) is 2. The van der Waals surface area contributed by atoms with Crippen molar-refractivity contribution < 1.29 is 30.5 Å². The highest BCUT2D eigenvalue weighted by Crippen LogP contribution is 2.44. The van der Waals surface area contributed by atoms with Gasteiger partial charge < -0.3 is 9.80 Å². The number of halogens is 4. The summed E-state index contributed by atoms with van der Waals surface area (Å²) in [5, 5.41) is -5.57. The summed E-state index contributed by atoms with van der Waals surface area (Å²) < 4.78 is 82.8. The van der Waals surface area contributed by atoms with Crippen LogP contribution in [0.1, 0.15) is 6.92 Å². The van der Waals surface area contributed by atoms with E-state index in [9.17, 15) is 26.0 Å². The molecule has 1 aliphatic rings. The van der Waals surface area contributed by atoms with Gasteiger partial charge in [0, 0.05) is 26.0 Å². The minimum Gasteiger partial charge on any atom is -0.354 e. The first-order chi connectivity index (χ1) is 7.96. The third kappa shape index (κ3) is 2.03. The molecule has 18 heavy (non-hydrogen) atoms. The summed E-state index contributed by atoms with van der Waals surface area (Å²) in [6, 6.07) is 0. The van der Waals surface area contributed by atoms with E-state index in [2.05, 4.69) is 0 Å². The van der Waals surface area contributed by atoms with Crippen molar-refractivity contribution in [2.45, 2.75) is 24.3 Å². The molecule has 0 aromatic carbocycles. The number of hydrogen-bond acceptors (Lipinski definition) is 4. The van der Waals surface area contributed by atoms with Crippen molar-refractivity contribution in [1.29, 1.82) is 0 Å². The van der Waals surface area contributed by atoms with Crippen LogP contribution in [0.3, 0.4) is 0 Å². The van der Waals surface area contributed by atoms with Gasteiger partial charge in [0.05, 0.1) is 0 Å². The zero-order chi connectivity index (χ0) is 14.4. The first kappa shape index (κ1) is 15.0. The molecule has 0 saturated heterocycles. The third-order valence-electron chi connectivity index (χ3n) is 2.59. The largest absolute Gasteiger partial charge is 0.435 e. The van der Waals surface area contributed by atoms with Crippen LogP contribution in [-0.2, 0) is 10.1 Å². The van der Waals surface area contributed by atoms with Gasteiger partial charge >= 0.3 is 21.3 Å². The van der Waals surface area contributed by atoms with Gasteiger partial charge in [-0.25, -0.2) is 0 Å². The summed E-state index contributed by atoms with van der Waals surface area (Å²) >= 11 is 0. The van der Waals surface area contributed by atoms with Gasteiger partial charge in [-0.05, 0) is 6.92 Å². The van der Waals surface area contributed by atoms with Crippen molar-refractivity contribution in [3.8, 4) is 0 Å². The second-order valence-electron chi connectivity index (χ2n) is 3.78. The molecule has 0 radical (unpaired) electrons. The van der Waals surface area contributed by atoms with Crippen LogP contribution in [0.4, 0.5) is 17.6 Å². The lowest BCUT2D eigenvalue weighted by Crippen LogP contribution is -2.61. The summed E-state index contributed by atoms with van der Waals surface area (Å²) in [7, 11) is -5.11. The Labute approximate surface area is 101 Å². The predicted molar refractivity (Wildman–Crippen MR) is 54.5 cm³/mol. The Kier molecular flexibility index (Phi) is 3.56. The van der Waals surface area contributed by atoms with Crippen LogP contribution < -0.4 is 0 Å². The summed E-state index contributed by atoms with van der Waals surface area (Å²) in [5.41, 5.74) is 0.